The van der Waals surface area contributed by atoms with Crippen molar-refractivity contribution in [2.75, 3.05) is 26.8 Å². The lowest BCUT2D eigenvalue weighted by molar-refractivity contribution is -0.192. The van der Waals surface area contributed by atoms with Crippen molar-refractivity contribution in [1.82, 2.24) is 20.0 Å². The molecule has 2 heterocycles. The summed E-state index contributed by atoms with van der Waals surface area (Å²) in [4.78, 5) is 23.0. The highest BCUT2D eigenvalue weighted by Crippen LogP contribution is 2.19. The summed E-state index contributed by atoms with van der Waals surface area (Å²) in [6.45, 7) is 4.06. The SMILES string of the molecule is COCC(=O)NCC1CN(Cc2ccc(Cl)cc2)Cc2ccnn2C1.O=C(O)C(F)(F)F. The number of carboxylic acids is 1. The van der Waals surface area contributed by atoms with Crippen LogP contribution in [-0.4, -0.2) is 64.6 Å². The molecule has 1 aromatic heterocycles. The fraction of sp³-hybridized carbons (Fsp3) is 0.450. The molecule has 0 bridgehead atoms. The Bertz CT molecular complexity index is 890. The Morgan fingerprint density at radius 3 is 2.50 bits per heavy atom. The fourth-order valence-corrected chi connectivity index (χ4v) is 3.28. The van der Waals surface area contributed by atoms with Crippen LogP contribution in [0.25, 0.3) is 0 Å². The molecule has 0 aliphatic carbocycles. The van der Waals surface area contributed by atoms with E-state index in [-0.39, 0.29) is 18.4 Å². The van der Waals surface area contributed by atoms with E-state index < -0.39 is 12.1 Å². The van der Waals surface area contributed by atoms with Gasteiger partial charge in [0.25, 0.3) is 0 Å². The molecular formula is C20H24ClF3N4O4. The number of aliphatic carboxylic acids is 1. The van der Waals surface area contributed by atoms with Gasteiger partial charge in [0.05, 0.1) is 5.69 Å². The first-order chi connectivity index (χ1) is 15.1. The van der Waals surface area contributed by atoms with Crippen molar-refractivity contribution in [2.45, 2.75) is 25.8 Å². The van der Waals surface area contributed by atoms with E-state index >= 15 is 0 Å². The van der Waals surface area contributed by atoms with Crippen molar-refractivity contribution < 1.29 is 32.6 Å². The van der Waals surface area contributed by atoms with Crippen LogP contribution in [0.2, 0.25) is 5.02 Å². The topological polar surface area (TPSA) is 96.7 Å². The number of carboxylic acid groups (broad SMARTS) is 1. The van der Waals surface area contributed by atoms with Gasteiger partial charge >= 0.3 is 12.1 Å². The van der Waals surface area contributed by atoms with E-state index in [1.165, 1.54) is 18.4 Å². The Kier molecular flexibility index (Phi) is 9.48. The molecule has 0 radical (unpaired) electrons. The van der Waals surface area contributed by atoms with Crippen molar-refractivity contribution in [2.24, 2.45) is 5.92 Å². The number of aromatic nitrogens is 2. The monoisotopic (exact) mass is 476 g/mol. The number of nitrogens with one attached hydrogen (secondary N) is 1. The summed E-state index contributed by atoms with van der Waals surface area (Å²) < 4.78 is 38.6. The largest absolute Gasteiger partial charge is 0.490 e. The number of carbonyl (C=O) groups excluding carboxylic acids is 1. The van der Waals surface area contributed by atoms with Gasteiger partial charge < -0.3 is 15.2 Å². The van der Waals surface area contributed by atoms with Crippen LogP contribution in [-0.2, 0) is 34.0 Å². The van der Waals surface area contributed by atoms with E-state index in [9.17, 15) is 18.0 Å². The van der Waals surface area contributed by atoms with Gasteiger partial charge in [-0.25, -0.2) is 4.79 Å². The number of rotatable bonds is 6. The maximum absolute atomic E-state index is 11.7. The minimum Gasteiger partial charge on any atom is -0.475 e. The lowest BCUT2D eigenvalue weighted by atomic mass is 10.1. The van der Waals surface area contributed by atoms with Crippen LogP contribution in [0.4, 0.5) is 13.2 Å². The predicted octanol–water partition coefficient (Wildman–Crippen LogP) is 2.56. The molecule has 3 rings (SSSR count). The quantitative estimate of drug-likeness (QED) is 0.665. The van der Waals surface area contributed by atoms with Crippen molar-refractivity contribution in [1.29, 1.82) is 0 Å². The standard InChI is InChI=1S/C18H23ClN4O2.C2HF3O2/c1-25-13-18(24)20-8-15-10-22(9-14-2-4-16(19)5-3-14)12-17-6-7-21-23(17)11-15;3-2(4,5)1(6)7/h2-7,15H,8-13H2,1H3,(H,20,24);(H,6,7). The number of benzene rings is 1. The van der Waals surface area contributed by atoms with Gasteiger partial charge in [-0.15, -0.1) is 0 Å². The summed E-state index contributed by atoms with van der Waals surface area (Å²) in [6, 6.07) is 10.0. The molecule has 1 atom stereocenters. The maximum Gasteiger partial charge on any atom is 0.490 e. The first-order valence-corrected chi connectivity index (χ1v) is 9.99. The van der Waals surface area contributed by atoms with Gasteiger partial charge in [-0.3, -0.25) is 14.4 Å². The van der Waals surface area contributed by atoms with Gasteiger partial charge in [-0.1, -0.05) is 23.7 Å². The van der Waals surface area contributed by atoms with Gasteiger partial charge in [0.1, 0.15) is 6.61 Å². The van der Waals surface area contributed by atoms with E-state index in [0.717, 1.165) is 31.2 Å². The highest BCUT2D eigenvalue weighted by Gasteiger charge is 2.38. The molecule has 1 aliphatic rings. The smallest absolute Gasteiger partial charge is 0.475 e. The molecule has 0 saturated carbocycles. The summed E-state index contributed by atoms with van der Waals surface area (Å²) in [5.74, 6) is -2.56. The number of hydrogen-bond donors (Lipinski definition) is 2. The number of halogens is 4. The average Bonchev–Trinajstić information content (AvgIpc) is 3.07. The molecule has 2 aromatic rings. The van der Waals surface area contributed by atoms with E-state index in [4.69, 9.17) is 26.2 Å². The fourth-order valence-electron chi connectivity index (χ4n) is 3.16. The second-order valence-electron chi connectivity index (χ2n) is 7.21. The molecule has 176 valence electrons. The van der Waals surface area contributed by atoms with Crippen LogP contribution in [0.5, 0.6) is 0 Å². The summed E-state index contributed by atoms with van der Waals surface area (Å²) >= 11 is 5.98. The molecular weight excluding hydrogens is 453 g/mol. The Hall–Kier alpha value is -2.63. The number of ether oxygens (including phenoxy) is 1. The minimum atomic E-state index is -5.08. The second kappa shape index (κ2) is 11.8. The number of methoxy groups -OCH3 is 1. The van der Waals surface area contributed by atoms with Gasteiger partial charge in [-0.2, -0.15) is 18.3 Å². The zero-order valence-electron chi connectivity index (χ0n) is 17.3. The highest BCUT2D eigenvalue weighted by atomic mass is 35.5. The molecule has 1 aromatic carbocycles. The molecule has 0 spiro atoms. The number of fused-ring (bicyclic) bond motifs is 1. The van der Waals surface area contributed by atoms with Crippen molar-refractivity contribution in [3.8, 4) is 0 Å². The molecule has 2 N–H and O–H groups in total. The second-order valence-corrected chi connectivity index (χ2v) is 7.64. The summed E-state index contributed by atoms with van der Waals surface area (Å²) in [5.41, 5.74) is 2.42. The Morgan fingerprint density at radius 1 is 1.25 bits per heavy atom. The minimum absolute atomic E-state index is 0.0864. The first-order valence-electron chi connectivity index (χ1n) is 9.61. The van der Waals surface area contributed by atoms with Gasteiger partial charge in [0, 0.05) is 57.0 Å². The van der Waals surface area contributed by atoms with E-state index in [2.05, 4.69) is 33.5 Å². The first kappa shape index (κ1) is 25.6. The lowest BCUT2D eigenvalue weighted by Gasteiger charge is -2.24. The van der Waals surface area contributed by atoms with Crippen molar-refractivity contribution >= 4 is 23.5 Å². The Morgan fingerprint density at radius 2 is 1.91 bits per heavy atom. The lowest BCUT2D eigenvalue weighted by Crippen LogP contribution is -2.37. The van der Waals surface area contributed by atoms with E-state index in [0.29, 0.717) is 6.54 Å². The molecule has 1 amide bonds. The van der Waals surface area contributed by atoms with Crippen LogP contribution in [0.3, 0.4) is 0 Å². The average molecular weight is 477 g/mol. The molecule has 0 fully saturated rings. The van der Waals surface area contributed by atoms with Crippen LogP contribution in [0.1, 0.15) is 11.3 Å². The van der Waals surface area contributed by atoms with Gasteiger partial charge in [0.2, 0.25) is 5.91 Å². The maximum atomic E-state index is 11.7. The normalized spacial score (nSPS) is 16.3. The van der Waals surface area contributed by atoms with Gasteiger partial charge in [0.15, 0.2) is 0 Å². The van der Waals surface area contributed by atoms with Crippen LogP contribution < -0.4 is 5.32 Å². The number of amides is 1. The number of hydrogen-bond acceptors (Lipinski definition) is 5. The van der Waals surface area contributed by atoms with Crippen LogP contribution in [0, 0.1) is 5.92 Å². The number of carbonyl (C=O) groups is 2. The summed E-state index contributed by atoms with van der Waals surface area (Å²) in [5, 5.41) is 15.2. The molecule has 12 heteroatoms. The zero-order chi connectivity index (χ0) is 23.7. The number of alkyl halides is 3. The van der Waals surface area contributed by atoms with Crippen molar-refractivity contribution in [3.05, 3.63) is 52.8 Å². The Balaban J connectivity index is 0.000000451. The predicted molar refractivity (Wildman–Crippen MR) is 110 cm³/mol. The molecule has 32 heavy (non-hydrogen) atoms. The van der Waals surface area contributed by atoms with Crippen LogP contribution >= 0.6 is 11.6 Å². The van der Waals surface area contributed by atoms with Crippen LogP contribution in [0.15, 0.2) is 36.5 Å². The third-order valence-electron chi connectivity index (χ3n) is 4.56. The number of nitrogens with zero attached hydrogens (tertiary/aromatic N) is 3. The summed E-state index contributed by atoms with van der Waals surface area (Å²) in [7, 11) is 1.52. The van der Waals surface area contributed by atoms with E-state index in [1.807, 2.05) is 23.0 Å². The molecule has 1 aliphatic heterocycles. The molecule has 8 nitrogen and oxygen atoms in total. The highest BCUT2D eigenvalue weighted by molar-refractivity contribution is 6.30. The van der Waals surface area contributed by atoms with Crippen molar-refractivity contribution in [3.63, 3.8) is 0 Å². The van der Waals surface area contributed by atoms with E-state index in [1.54, 1.807) is 0 Å². The van der Waals surface area contributed by atoms with Gasteiger partial charge in [-0.05, 0) is 23.8 Å². The third-order valence-corrected chi connectivity index (χ3v) is 4.81. The molecule has 1 unspecified atom stereocenters. The zero-order valence-corrected chi connectivity index (χ0v) is 18.1. The Labute approximate surface area is 187 Å². The summed E-state index contributed by atoms with van der Waals surface area (Å²) in [6.07, 6.45) is -3.25. The third kappa shape index (κ3) is 8.48. The molecule has 0 saturated heterocycles.